The van der Waals surface area contributed by atoms with Gasteiger partial charge < -0.3 is 19.7 Å². The van der Waals surface area contributed by atoms with Crippen molar-refractivity contribution in [1.82, 2.24) is 15.1 Å². The molecule has 2 N–H and O–H groups in total. The van der Waals surface area contributed by atoms with Crippen molar-refractivity contribution in [2.75, 3.05) is 11.9 Å². The van der Waals surface area contributed by atoms with Crippen LogP contribution in [0.5, 0.6) is 5.88 Å². The molecule has 1 amide bonds. The van der Waals surface area contributed by atoms with Gasteiger partial charge >= 0.3 is 5.97 Å². The van der Waals surface area contributed by atoms with E-state index in [1.54, 1.807) is 6.92 Å². The molecule has 0 aliphatic carbocycles. The molecule has 2 aromatic rings. The third-order valence-corrected chi connectivity index (χ3v) is 2.12. The highest BCUT2D eigenvalue weighted by Gasteiger charge is 2.15. The SMILES string of the molecule is Cc1cc(OCC(=O)Nc2nccnc2C(=O)O)no1. The number of carboxylic acid groups (broad SMARTS) is 1. The maximum absolute atomic E-state index is 11.6. The van der Waals surface area contributed by atoms with Gasteiger partial charge in [-0.05, 0) is 12.1 Å². The topological polar surface area (TPSA) is 127 Å². The molecular weight excluding hydrogens is 268 g/mol. The molecule has 0 aliphatic rings. The number of carbonyl (C=O) groups is 2. The summed E-state index contributed by atoms with van der Waals surface area (Å²) >= 11 is 0. The van der Waals surface area contributed by atoms with E-state index in [9.17, 15) is 9.59 Å². The second-order valence-electron chi connectivity index (χ2n) is 3.67. The fraction of sp³-hybridized carbons (Fsp3) is 0.182. The van der Waals surface area contributed by atoms with E-state index in [1.165, 1.54) is 18.5 Å². The molecule has 0 saturated heterocycles. The Kier molecular flexibility index (Phi) is 3.89. The molecule has 0 aliphatic heterocycles. The number of aromatic nitrogens is 3. The van der Waals surface area contributed by atoms with Crippen LogP contribution in [0.3, 0.4) is 0 Å². The number of aryl methyl sites for hydroxylation is 1. The Balaban J connectivity index is 1.96. The quantitative estimate of drug-likeness (QED) is 0.808. The number of rotatable bonds is 5. The molecule has 0 aromatic carbocycles. The highest BCUT2D eigenvalue weighted by atomic mass is 16.5. The summed E-state index contributed by atoms with van der Waals surface area (Å²) in [5, 5.41) is 14.7. The molecule has 2 heterocycles. The van der Waals surface area contributed by atoms with Crippen LogP contribution in [-0.4, -0.2) is 38.7 Å². The minimum absolute atomic E-state index is 0.148. The van der Waals surface area contributed by atoms with Crippen molar-refractivity contribution in [3.8, 4) is 5.88 Å². The van der Waals surface area contributed by atoms with Gasteiger partial charge in [-0.15, -0.1) is 0 Å². The van der Waals surface area contributed by atoms with Gasteiger partial charge in [0.05, 0.1) is 0 Å². The van der Waals surface area contributed by atoms with E-state index in [2.05, 4.69) is 20.4 Å². The van der Waals surface area contributed by atoms with Gasteiger partial charge in [-0.2, -0.15) is 0 Å². The minimum atomic E-state index is -1.29. The molecule has 2 aromatic heterocycles. The van der Waals surface area contributed by atoms with Crippen molar-refractivity contribution >= 4 is 17.7 Å². The van der Waals surface area contributed by atoms with E-state index in [-0.39, 0.29) is 24.0 Å². The van der Waals surface area contributed by atoms with E-state index in [0.29, 0.717) is 5.76 Å². The molecule has 0 unspecified atom stereocenters. The zero-order valence-electron chi connectivity index (χ0n) is 10.4. The zero-order valence-corrected chi connectivity index (χ0v) is 10.4. The first kappa shape index (κ1) is 13.5. The fourth-order valence-electron chi connectivity index (χ4n) is 1.31. The predicted molar refractivity (Wildman–Crippen MR) is 64.4 cm³/mol. The predicted octanol–water partition coefficient (Wildman–Crippen LogP) is 0.489. The number of anilines is 1. The van der Waals surface area contributed by atoms with Crippen LogP contribution in [0.2, 0.25) is 0 Å². The number of hydrogen-bond donors (Lipinski definition) is 2. The highest BCUT2D eigenvalue weighted by Crippen LogP contribution is 2.11. The lowest BCUT2D eigenvalue weighted by atomic mass is 10.4. The van der Waals surface area contributed by atoms with Crippen LogP contribution in [0.25, 0.3) is 0 Å². The van der Waals surface area contributed by atoms with Crippen LogP contribution in [0.1, 0.15) is 16.2 Å². The van der Waals surface area contributed by atoms with Crippen molar-refractivity contribution in [2.45, 2.75) is 6.92 Å². The minimum Gasteiger partial charge on any atom is -0.476 e. The monoisotopic (exact) mass is 278 g/mol. The van der Waals surface area contributed by atoms with Crippen LogP contribution in [0.4, 0.5) is 5.82 Å². The maximum atomic E-state index is 11.6. The van der Waals surface area contributed by atoms with Gasteiger partial charge in [0.2, 0.25) is 0 Å². The van der Waals surface area contributed by atoms with Crippen molar-refractivity contribution in [1.29, 1.82) is 0 Å². The number of carboxylic acids is 1. The normalized spacial score (nSPS) is 10.1. The van der Waals surface area contributed by atoms with E-state index in [4.69, 9.17) is 14.4 Å². The van der Waals surface area contributed by atoms with Crippen LogP contribution < -0.4 is 10.1 Å². The van der Waals surface area contributed by atoms with Crippen molar-refractivity contribution < 1.29 is 24.0 Å². The lowest BCUT2D eigenvalue weighted by Crippen LogP contribution is -2.22. The number of amides is 1. The molecule has 104 valence electrons. The first-order valence-corrected chi connectivity index (χ1v) is 5.46. The van der Waals surface area contributed by atoms with Crippen LogP contribution in [0.15, 0.2) is 23.0 Å². The van der Waals surface area contributed by atoms with Gasteiger partial charge in [0.15, 0.2) is 18.1 Å². The highest BCUT2D eigenvalue weighted by molar-refractivity contribution is 5.98. The van der Waals surface area contributed by atoms with E-state index < -0.39 is 11.9 Å². The molecular formula is C11H10N4O5. The summed E-state index contributed by atoms with van der Waals surface area (Å²) in [6.07, 6.45) is 2.48. The number of carbonyl (C=O) groups excluding carboxylic acids is 1. The number of nitrogens with one attached hydrogen (secondary N) is 1. The molecule has 0 radical (unpaired) electrons. The third-order valence-electron chi connectivity index (χ3n) is 2.12. The number of ether oxygens (including phenoxy) is 1. The molecule has 9 heteroatoms. The molecule has 9 nitrogen and oxygen atoms in total. The maximum Gasteiger partial charge on any atom is 0.358 e. The lowest BCUT2D eigenvalue weighted by molar-refractivity contribution is -0.118. The summed E-state index contributed by atoms with van der Waals surface area (Å²) in [6.45, 7) is 1.32. The van der Waals surface area contributed by atoms with Gasteiger partial charge in [0.25, 0.3) is 11.8 Å². The van der Waals surface area contributed by atoms with Crippen molar-refractivity contribution in [2.24, 2.45) is 0 Å². The number of hydrogen-bond acceptors (Lipinski definition) is 7. The first-order chi connectivity index (χ1) is 9.56. The van der Waals surface area contributed by atoms with E-state index >= 15 is 0 Å². The van der Waals surface area contributed by atoms with Crippen LogP contribution in [0, 0.1) is 6.92 Å². The third kappa shape index (κ3) is 3.28. The molecule has 2 rings (SSSR count). The van der Waals surface area contributed by atoms with Gasteiger partial charge in [-0.1, -0.05) is 0 Å². The second-order valence-corrected chi connectivity index (χ2v) is 3.67. The molecule has 0 spiro atoms. The molecule has 20 heavy (non-hydrogen) atoms. The van der Waals surface area contributed by atoms with Gasteiger partial charge in [-0.25, -0.2) is 14.8 Å². The Labute approximate surface area is 112 Å². The summed E-state index contributed by atoms with van der Waals surface area (Å²) in [7, 11) is 0. The van der Waals surface area contributed by atoms with Gasteiger partial charge in [0.1, 0.15) is 5.76 Å². The Hall–Kier alpha value is -2.97. The van der Waals surface area contributed by atoms with Gasteiger partial charge in [-0.3, -0.25) is 4.79 Å². The largest absolute Gasteiger partial charge is 0.476 e. The summed E-state index contributed by atoms with van der Waals surface area (Å²) < 4.78 is 9.81. The number of nitrogens with zero attached hydrogens (tertiary/aromatic N) is 3. The summed E-state index contributed by atoms with van der Waals surface area (Å²) in [5.41, 5.74) is -0.349. The Morgan fingerprint density at radius 2 is 2.15 bits per heavy atom. The summed E-state index contributed by atoms with van der Waals surface area (Å²) in [5.74, 6) is -1.32. The van der Waals surface area contributed by atoms with E-state index in [0.717, 1.165) is 0 Å². The standard InChI is InChI=1S/C11H10N4O5/c1-6-4-8(15-20-6)19-5-7(16)14-10-9(11(17)18)12-2-3-13-10/h2-4H,5H2,1H3,(H,17,18)(H,13,14,16). The molecule has 0 saturated carbocycles. The number of aromatic carboxylic acids is 1. The van der Waals surface area contributed by atoms with Crippen molar-refractivity contribution in [3.05, 3.63) is 29.9 Å². The average molecular weight is 278 g/mol. The molecule has 0 atom stereocenters. The smallest absolute Gasteiger partial charge is 0.358 e. The summed E-state index contributed by atoms with van der Waals surface area (Å²) in [6, 6.07) is 1.51. The van der Waals surface area contributed by atoms with E-state index in [1.807, 2.05) is 0 Å². The average Bonchev–Trinajstić information content (AvgIpc) is 2.83. The van der Waals surface area contributed by atoms with Crippen LogP contribution in [-0.2, 0) is 4.79 Å². The first-order valence-electron chi connectivity index (χ1n) is 5.46. The lowest BCUT2D eigenvalue weighted by Gasteiger charge is -2.06. The Morgan fingerprint density at radius 3 is 2.80 bits per heavy atom. The fourth-order valence-corrected chi connectivity index (χ4v) is 1.31. The molecule has 0 bridgehead atoms. The van der Waals surface area contributed by atoms with Crippen molar-refractivity contribution in [3.63, 3.8) is 0 Å². The zero-order chi connectivity index (χ0) is 14.5. The Bertz CT molecular complexity index is 639. The van der Waals surface area contributed by atoms with Crippen LogP contribution >= 0.6 is 0 Å². The second kappa shape index (κ2) is 5.78. The molecule has 0 fully saturated rings. The van der Waals surface area contributed by atoms with Gasteiger partial charge in [0, 0.05) is 18.5 Å². The summed E-state index contributed by atoms with van der Waals surface area (Å²) in [4.78, 5) is 29.8. The Morgan fingerprint density at radius 1 is 1.40 bits per heavy atom.